The third-order valence-electron chi connectivity index (χ3n) is 8.89. The Kier molecular flexibility index (Phi) is 27.1. The zero-order chi connectivity index (χ0) is 33.2. The van der Waals surface area contributed by atoms with E-state index >= 15 is 0 Å². The summed E-state index contributed by atoms with van der Waals surface area (Å²) in [6, 6.07) is -0.878. The Labute approximate surface area is 273 Å². The Balaban J connectivity index is 5.33. The zero-order valence-electron chi connectivity index (χ0n) is 28.8. The first-order valence-corrected chi connectivity index (χ1v) is 18.8. The highest BCUT2D eigenvalue weighted by molar-refractivity contribution is 8.00. The van der Waals surface area contributed by atoms with Gasteiger partial charge in [0.05, 0.1) is 30.5 Å². The molecule has 8 nitrogen and oxygen atoms in total. The number of carbonyl (C=O) groups is 3. The van der Waals surface area contributed by atoms with E-state index in [0.29, 0.717) is 31.6 Å². The summed E-state index contributed by atoms with van der Waals surface area (Å²) >= 11 is 1.46. The number of nitrogens with two attached hydrogens (primary N) is 1. The van der Waals surface area contributed by atoms with Crippen molar-refractivity contribution in [2.24, 2.45) is 23.5 Å². The number of unbranched alkanes of at least 4 members (excludes halogenated alkanes) is 13. The number of amides is 1. The van der Waals surface area contributed by atoms with Gasteiger partial charge in [0.15, 0.2) is 0 Å². The second kappa shape index (κ2) is 27.9. The number of carboxylic acids is 2. The molecule has 44 heavy (non-hydrogen) atoms. The topological polar surface area (TPSA) is 139 Å². The second-order valence-electron chi connectivity index (χ2n) is 12.8. The molecule has 0 aromatic heterocycles. The maximum atomic E-state index is 12.8. The van der Waals surface area contributed by atoms with Crippen LogP contribution >= 0.6 is 11.8 Å². The molecule has 0 aliphatic heterocycles. The summed E-state index contributed by atoms with van der Waals surface area (Å²) in [4.78, 5) is 37.6. The molecule has 0 bridgehead atoms. The number of hydrogen-bond donors (Lipinski definition) is 4. The molecule has 0 spiro atoms. The Morgan fingerprint density at radius 3 is 1.68 bits per heavy atom. The van der Waals surface area contributed by atoms with Crippen LogP contribution in [0.15, 0.2) is 0 Å². The lowest BCUT2D eigenvalue weighted by atomic mass is 9.81. The summed E-state index contributed by atoms with van der Waals surface area (Å²) in [6.07, 6.45) is 19.5. The second-order valence-corrected chi connectivity index (χ2v) is 14.1. The van der Waals surface area contributed by atoms with Crippen LogP contribution in [0.2, 0.25) is 0 Å². The molecule has 0 heterocycles. The van der Waals surface area contributed by atoms with Crippen molar-refractivity contribution >= 4 is 29.6 Å². The average Bonchev–Trinajstić information content (AvgIpc) is 2.99. The van der Waals surface area contributed by atoms with Gasteiger partial charge in [-0.15, -0.1) is 0 Å². The molecule has 0 fully saturated rings. The average molecular weight is 645 g/mol. The molecular formula is C35H68N2O6S. The minimum Gasteiger partial charge on any atom is -0.481 e. The lowest BCUT2D eigenvalue weighted by Gasteiger charge is -2.29. The molecule has 0 aromatic carbocycles. The van der Waals surface area contributed by atoms with Gasteiger partial charge in [0.1, 0.15) is 0 Å². The lowest BCUT2D eigenvalue weighted by molar-refractivity contribution is -0.147. The quantitative estimate of drug-likeness (QED) is 0.0556. The van der Waals surface area contributed by atoms with E-state index in [9.17, 15) is 24.6 Å². The summed E-state index contributed by atoms with van der Waals surface area (Å²) < 4.78 is 5.18. The van der Waals surface area contributed by atoms with Crippen molar-refractivity contribution in [1.29, 1.82) is 0 Å². The van der Waals surface area contributed by atoms with Crippen molar-refractivity contribution in [3.05, 3.63) is 0 Å². The molecule has 0 radical (unpaired) electrons. The van der Waals surface area contributed by atoms with E-state index in [0.717, 1.165) is 44.9 Å². The number of rotatable bonds is 31. The molecule has 0 aromatic rings. The van der Waals surface area contributed by atoms with Gasteiger partial charge >= 0.3 is 11.9 Å². The van der Waals surface area contributed by atoms with Crippen LogP contribution in [-0.2, 0) is 19.1 Å². The van der Waals surface area contributed by atoms with Crippen molar-refractivity contribution in [2.75, 3.05) is 19.5 Å². The minimum atomic E-state index is -0.891. The number of carbonyl (C=O) groups excluding carboxylic acids is 1. The van der Waals surface area contributed by atoms with Gasteiger partial charge in [-0.05, 0) is 31.6 Å². The van der Waals surface area contributed by atoms with Crippen molar-refractivity contribution in [3.63, 3.8) is 0 Å². The van der Waals surface area contributed by atoms with Gasteiger partial charge in [0.25, 0.3) is 0 Å². The van der Waals surface area contributed by atoms with E-state index in [1.165, 1.54) is 69.5 Å². The fourth-order valence-corrected chi connectivity index (χ4v) is 7.30. The third kappa shape index (κ3) is 20.7. The van der Waals surface area contributed by atoms with E-state index in [-0.39, 0.29) is 23.1 Å². The van der Waals surface area contributed by atoms with E-state index < -0.39 is 29.8 Å². The smallest absolute Gasteiger partial charge is 0.307 e. The molecule has 3 unspecified atom stereocenters. The maximum absolute atomic E-state index is 12.8. The van der Waals surface area contributed by atoms with E-state index in [4.69, 9.17) is 10.5 Å². The van der Waals surface area contributed by atoms with Gasteiger partial charge in [-0.3, -0.25) is 14.4 Å². The normalized spacial score (nSPS) is 15.7. The molecule has 5 N–H and O–H groups in total. The maximum Gasteiger partial charge on any atom is 0.307 e. The molecule has 0 saturated heterocycles. The van der Waals surface area contributed by atoms with E-state index in [1.807, 2.05) is 13.8 Å². The van der Waals surface area contributed by atoms with Crippen molar-refractivity contribution in [2.45, 2.75) is 167 Å². The van der Waals surface area contributed by atoms with Gasteiger partial charge in [0.2, 0.25) is 5.91 Å². The number of carboxylic acid groups (broad SMARTS) is 2. The SMILES string of the molecule is CCCCCCCCCC[C@@H](C(=O)O)C(C)C[C@H](C(=O)O)C(CCCCCCCCC)SC[C@H](N)C(=O)NC(CC)COC. The Bertz CT molecular complexity index is 740. The van der Waals surface area contributed by atoms with Crippen LogP contribution in [-0.4, -0.2) is 64.9 Å². The van der Waals surface area contributed by atoms with E-state index in [1.54, 1.807) is 7.11 Å². The van der Waals surface area contributed by atoms with Gasteiger partial charge in [-0.25, -0.2) is 0 Å². The van der Waals surface area contributed by atoms with Crippen molar-refractivity contribution in [3.8, 4) is 0 Å². The lowest BCUT2D eigenvalue weighted by Crippen LogP contribution is -2.48. The van der Waals surface area contributed by atoms with Gasteiger partial charge < -0.3 is 26.0 Å². The van der Waals surface area contributed by atoms with Crippen molar-refractivity contribution < 1.29 is 29.3 Å². The molecule has 6 atom stereocenters. The number of methoxy groups -OCH3 is 1. The van der Waals surface area contributed by atoms with Crippen LogP contribution in [0, 0.1) is 17.8 Å². The first kappa shape index (κ1) is 42.7. The number of thioether (sulfide) groups is 1. The highest BCUT2D eigenvalue weighted by Crippen LogP contribution is 2.34. The molecule has 9 heteroatoms. The van der Waals surface area contributed by atoms with Crippen LogP contribution < -0.4 is 11.1 Å². The van der Waals surface area contributed by atoms with Crippen LogP contribution in [0.4, 0.5) is 0 Å². The fourth-order valence-electron chi connectivity index (χ4n) is 5.90. The monoisotopic (exact) mass is 644 g/mol. The van der Waals surface area contributed by atoms with Crippen LogP contribution in [0.3, 0.4) is 0 Å². The predicted molar refractivity (Wildman–Crippen MR) is 184 cm³/mol. The molecule has 0 rings (SSSR count). The summed E-state index contributed by atoms with van der Waals surface area (Å²) in [5.74, 6) is -3.17. The number of aliphatic carboxylic acids is 2. The summed E-state index contributed by atoms with van der Waals surface area (Å²) in [7, 11) is 1.59. The molecule has 0 aliphatic carbocycles. The Hall–Kier alpha value is -1.32. The van der Waals surface area contributed by atoms with Crippen LogP contribution in [0.25, 0.3) is 0 Å². The summed E-state index contributed by atoms with van der Waals surface area (Å²) in [5, 5.41) is 23.1. The summed E-state index contributed by atoms with van der Waals surface area (Å²) in [6.45, 7) is 8.68. The highest BCUT2D eigenvalue weighted by atomic mass is 32.2. The Morgan fingerprint density at radius 1 is 0.750 bits per heavy atom. The minimum absolute atomic E-state index is 0.117. The number of ether oxygens (including phenoxy) is 1. The molecule has 1 amide bonds. The first-order chi connectivity index (χ1) is 21.1. The molecule has 260 valence electrons. The fraction of sp³-hybridized carbons (Fsp3) is 0.914. The first-order valence-electron chi connectivity index (χ1n) is 17.7. The summed E-state index contributed by atoms with van der Waals surface area (Å²) in [5.41, 5.74) is 6.27. The molecule has 0 saturated carbocycles. The van der Waals surface area contributed by atoms with Gasteiger partial charge in [-0.2, -0.15) is 11.8 Å². The van der Waals surface area contributed by atoms with Gasteiger partial charge in [-0.1, -0.05) is 124 Å². The third-order valence-corrected chi connectivity index (χ3v) is 10.4. The standard InChI is InChI=1S/C35H68N2O6S/c1-6-9-11-13-15-17-18-20-22-29(34(39)40)27(4)24-30(35(41)42)32(23-21-19-16-14-12-10-7-2)44-26-31(36)33(38)37-28(8-3)25-43-5/h27-32H,6-26,36H2,1-5H3,(H,37,38)(H,39,40)(H,41,42)/t27?,28?,29-,30+,31+,32?/m1/s1. The van der Waals surface area contributed by atoms with E-state index in [2.05, 4.69) is 19.2 Å². The van der Waals surface area contributed by atoms with Crippen LogP contribution in [0.5, 0.6) is 0 Å². The highest BCUT2D eigenvalue weighted by Gasteiger charge is 2.34. The molecular weight excluding hydrogens is 576 g/mol. The number of hydrogen-bond acceptors (Lipinski definition) is 6. The predicted octanol–water partition coefficient (Wildman–Crippen LogP) is 8.06. The van der Waals surface area contributed by atoms with Crippen molar-refractivity contribution in [1.82, 2.24) is 5.32 Å². The largest absolute Gasteiger partial charge is 0.481 e. The number of nitrogens with one attached hydrogen (secondary N) is 1. The van der Waals surface area contributed by atoms with Gasteiger partial charge in [0, 0.05) is 18.1 Å². The zero-order valence-corrected chi connectivity index (χ0v) is 29.6. The molecule has 0 aliphatic rings. The Morgan fingerprint density at radius 2 is 1.23 bits per heavy atom. The van der Waals surface area contributed by atoms with Crippen LogP contribution in [0.1, 0.15) is 150 Å².